The lowest BCUT2D eigenvalue weighted by molar-refractivity contribution is -0.128. The number of aliphatic hydroxyl groups excluding tert-OH is 1. The number of aryl methyl sites for hydroxylation is 1. The number of hydrogen-bond acceptors (Lipinski definition) is 6. The molecule has 7 nitrogen and oxygen atoms in total. The standard InChI is InChI=1S/C38H45NO6S2/c1-28-14-12-16-31(24-28)38(46(42,43)32-17-6-4-7-18-32,47(44,45)33-19-8-5-9-20-33)23-13-21-34-35-26-29(25-30(35)27-36(34)40)15-10-11-22-37(41)39(2)3/h4-9,12-14,16-21,24-25,29,34-36,40H,10-11,15,22-23,26-27H2,1-3H3/t29?,34-,35-,36-/m1/s1. The van der Waals surface area contributed by atoms with Crippen LogP contribution in [-0.4, -0.2) is 52.9 Å². The van der Waals surface area contributed by atoms with E-state index in [0.29, 0.717) is 18.8 Å². The van der Waals surface area contributed by atoms with E-state index in [9.17, 15) is 26.7 Å². The van der Waals surface area contributed by atoms with Gasteiger partial charge < -0.3 is 10.0 Å². The number of fused-ring (bicyclic) bond motifs is 1. The lowest BCUT2D eigenvalue weighted by Crippen LogP contribution is -2.43. The highest BCUT2D eigenvalue weighted by Gasteiger charge is 2.57. The van der Waals surface area contributed by atoms with Gasteiger partial charge in [0.1, 0.15) is 0 Å². The van der Waals surface area contributed by atoms with Crippen molar-refractivity contribution in [3.05, 3.63) is 120 Å². The Kier molecular flexibility index (Phi) is 10.6. The van der Waals surface area contributed by atoms with Crippen molar-refractivity contribution in [2.45, 2.75) is 71.8 Å². The summed E-state index contributed by atoms with van der Waals surface area (Å²) < 4.78 is 56.9. The molecule has 2 aliphatic rings. The van der Waals surface area contributed by atoms with Gasteiger partial charge in [0, 0.05) is 32.9 Å². The molecule has 0 bridgehead atoms. The molecule has 9 heteroatoms. The molecule has 1 amide bonds. The number of unbranched alkanes of at least 4 members (excludes halogenated alkanes) is 1. The third-order valence-corrected chi connectivity index (χ3v) is 15.4. The number of sulfone groups is 2. The zero-order chi connectivity index (χ0) is 33.8. The molecule has 1 fully saturated rings. The van der Waals surface area contributed by atoms with Crippen LogP contribution in [0.4, 0.5) is 0 Å². The summed E-state index contributed by atoms with van der Waals surface area (Å²) in [6.07, 6.45) is 9.51. The molecule has 1 N–H and O–H groups in total. The molecule has 0 heterocycles. The summed E-state index contributed by atoms with van der Waals surface area (Å²) in [5.74, 6) is 0.344. The van der Waals surface area contributed by atoms with E-state index < -0.39 is 29.9 Å². The van der Waals surface area contributed by atoms with Gasteiger partial charge in [0.25, 0.3) is 0 Å². The Hall–Kier alpha value is -3.53. The van der Waals surface area contributed by atoms with E-state index in [-0.39, 0.29) is 39.5 Å². The fourth-order valence-corrected chi connectivity index (χ4v) is 12.3. The van der Waals surface area contributed by atoms with Crippen LogP contribution in [0, 0.1) is 24.7 Å². The molecule has 5 rings (SSSR count). The lowest BCUT2D eigenvalue weighted by Gasteiger charge is -2.33. The number of amides is 1. The molecule has 0 saturated heterocycles. The fraction of sp³-hybridized carbons (Fsp3) is 0.395. The van der Waals surface area contributed by atoms with Gasteiger partial charge in [-0.25, -0.2) is 16.8 Å². The molecule has 3 aromatic rings. The Balaban J connectivity index is 1.49. The summed E-state index contributed by atoms with van der Waals surface area (Å²) in [5, 5.41) is 11.1. The Morgan fingerprint density at radius 3 is 2.09 bits per heavy atom. The van der Waals surface area contributed by atoms with E-state index in [2.05, 4.69) is 6.08 Å². The van der Waals surface area contributed by atoms with E-state index in [4.69, 9.17) is 0 Å². The highest BCUT2D eigenvalue weighted by Crippen LogP contribution is 2.50. The van der Waals surface area contributed by atoms with Crippen LogP contribution in [0.5, 0.6) is 0 Å². The van der Waals surface area contributed by atoms with Gasteiger partial charge in [0.2, 0.25) is 29.7 Å². The SMILES string of the molecule is Cc1cccc(C(CC=C[C@H]2[C@H](O)CC3=CC(CCCCC(=O)N(C)C)C[C@H]32)(S(=O)(=O)c2ccccc2)S(=O)(=O)c2ccccc2)c1. The third-order valence-electron chi connectivity index (χ3n) is 9.73. The monoisotopic (exact) mass is 675 g/mol. The molecule has 4 atom stereocenters. The van der Waals surface area contributed by atoms with Crippen LogP contribution in [0.2, 0.25) is 0 Å². The summed E-state index contributed by atoms with van der Waals surface area (Å²) in [6, 6.07) is 22.3. The number of carbonyl (C=O) groups excluding carboxylic acids is 1. The van der Waals surface area contributed by atoms with Gasteiger partial charge >= 0.3 is 0 Å². The summed E-state index contributed by atoms with van der Waals surface area (Å²) >= 11 is 0. The second-order valence-electron chi connectivity index (χ2n) is 13.1. The van der Waals surface area contributed by atoms with Gasteiger partial charge in [-0.15, -0.1) is 0 Å². The summed E-state index contributed by atoms with van der Waals surface area (Å²) in [5.41, 5.74) is 2.13. The van der Waals surface area contributed by atoms with Crippen molar-refractivity contribution >= 4 is 25.6 Å². The topological polar surface area (TPSA) is 109 Å². The van der Waals surface area contributed by atoms with E-state index in [0.717, 1.165) is 31.2 Å². The molecule has 0 radical (unpaired) electrons. The number of benzene rings is 3. The van der Waals surface area contributed by atoms with Crippen molar-refractivity contribution in [1.82, 2.24) is 4.90 Å². The van der Waals surface area contributed by atoms with Crippen molar-refractivity contribution < 1.29 is 26.7 Å². The maximum atomic E-state index is 14.8. The number of carbonyl (C=O) groups is 1. The van der Waals surface area contributed by atoms with Crippen LogP contribution in [0.25, 0.3) is 0 Å². The minimum atomic E-state index is -4.54. The Morgan fingerprint density at radius 1 is 0.894 bits per heavy atom. The average Bonchev–Trinajstić information content (AvgIpc) is 3.57. The van der Waals surface area contributed by atoms with Crippen molar-refractivity contribution in [3.8, 4) is 0 Å². The maximum absolute atomic E-state index is 14.8. The van der Waals surface area contributed by atoms with Gasteiger partial charge in [-0.05, 0) is 74.3 Å². The van der Waals surface area contributed by atoms with Gasteiger partial charge in [-0.1, -0.05) is 96.4 Å². The molecule has 0 aromatic heterocycles. The van der Waals surface area contributed by atoms with Crippen LogP contribution >= 0.6 is 0 Å². The molecule has 3 aromatic carbocycles. The van der Waals surface area contributed by atoms with Crippen LogP contribution in [0.3, 0.4) is 0 Å². The molecule has 2 aliphatic carbocycles. The molecule has 1 unspecified atom stereocenters. The lowest BCUT2D eigenvalue weighted by atomic mass is 9.88. The number of nitrogens with zero attached hydrogens (tertiary/aromatic N) is 1. The van der Waals surface area contributed by atoms with Gasteiger partial charge in [-0.2, -0.15) is 0 Å². The van der Waals surface area contributed by atoms with E-state index in [1.54, 1.807) is 79.7 Å². The van der Waals surface area contributed by atoms with E-state index in [1.165, 1.54) is 29.8 Å². The first-order valence-electron chi connectivity index (χ1n) is 16.3. The number of allylic oxidation sites excluding steroid dienone is 2. The van der Waals surface area contributed by atoms with Gasteiger partial charge in [0.05, 0.1) is 15.9 Å². The largest absolute Gasteiger partial charge is 0.392 e. The Morgan fingerprint density at radius 2 is 1.51 bits per heavy atom. The first-order chi connectivity index (χ1) is 22.4. The van der Waals surface area contributed by atoms with Gasteiger partial charge in [-0.3, -0.25) is 4.79 Å². The molecular weight excluding hydrogens is 631 g/mol. The summed E-state index contributed by atoms with van der Waals surface area (Å²) in [6.45, 7) is 1.81. The molecule has 47 heavy (non-hydrogen) atoms. The Bertz CT molecular complexity index is 1760. The quantitative estimate of drug-likeness (QED) is 0.161. The van der Waals surface area contributed by atoms with Crippen molar-refractivity contribution in [2.24, 2.45) is 17.8 Å². The predicted octanol–water partition coefficient (Wildman–Crippen LogP) is 6.63. The Labute approximate surface area is 279 Å². The molecule has 250 valence electrons. The first kappa shape index (κ1) is 34.8. The second-order valence-corrected chi connectivity index (χ2v) is 17.7. The molecular formula is C38H45NO6S2. The minimum Gasteiger partial charge on any atom is -0.392 e. The first-order valence-corrected chi connectivity index (χ1v) is 19.3. The summed E-state index contributed by atoms with van der Waals surface area (Å²) in [7, 11) is -5.54. The minimum absolute atomic E-state index is 0.0774. The number of rotatable bonds is 13. The normalized spacial score (nSPS) is 21.5. The maximum Gasteiger partial charge on any atom is 0.222 e. The van der Waals surface area contributed by atoms with Crippen molar-refractivity contribution in [2.75, 3.05) is 14.1 Å². The molecule has 1 saturated carbocycles. The number of hydrogen-bond donors (Lipinski definition) is 1. The van der Waals surface area contributed by atoms with E-state index >= 15 is 0 Å². The zero-order valence-corrected chi connectivity index (χ0v) is 29.0. The summed E-state index contributed by atoms with van der Waals surface area (Å²) in [4.78, 5) is 13.4. The third kappa shape index (κ3) is 6.89. The molecule has 0 aliphatic heterocycles. The van der Waals surface area contributed by atoms with Crippen molar-refractivity contribution in [3.63, 3.8) is 0 Å². The van der Waals surface area contributed by atoms with Crippen LogP contribution in [0.15, 0.2) is 119 Å². The highest BCUT2D eigenvalue weighted by atomic mass is 32.3. The van der Waals surface area contributed by atoms with Gasteiger partial charge in [0.15, 0.2) is 0 Å². The highest BCUT2D eigenvalue weighted by molar-refractivity contribution is 8.09. The van der Waals surface area contributed by atoms with Crippen LogP contribution < -0.4 is 0 Å². The molecule has 0 spiro atoms. The van der Waals surface area contributed by atoms with Crippen molar-refractivity contribution in [1.29, 1.82) is 0 Å². The zero-order valence-electron chi connectivity index (χ0n) is 27.3. The average molecular weight is 676 g/mol. The van der Waals surface area contributed by atoms with E-state index in [1.807, 2.05) is 19.1 Å². The smallest absolute Gasteiger partial charge is 0.222 e. The van der Waals surface area contributed by atoms with Crippen LogP contribution in [0.1, 0.15) is 56.1 Å². The second kappa shape index (κ2) is 14.3. The van der Waals surface area contributed by atoms with Crippen LogP contribution in [-0.2, 0) is 28.5 Å². The number of aliphatic hydroxyl groups is 1. The predicted molar refractivity (Wildman–Crippen MR) is 185 cm³/mol. The fourth-order valence-electron chi connectivity index (χ4n) is 7.25.